The standard InChI is InChI=1S/C15H17N5O.2ClH/c16-10-4-5-11-9(8-10)2-1-3-12(11)20-15(21)13-14(17)19-7-6-18-13;;/h4-8,12H,1-3,16H2,(H2,17,19)(H,20,21);2*1H. The minimum absolute atomic E-state index is 0. The molecule has 3 rings (SSSR count). The molecular formula is C15H19Cl2N5O. The topological polar surface area (TPSA) is 107 Å². The highest BCUT2D eigenvalue weighted by Gasteiger charge is 2.23. The van der Waals surface area contributed by atoms with Gasteiger partial charge in [-0.15, -0.1) is 24.8 Å². The van der Waals surface area contributed by atoms with Crippen LogP contribution in [0.25, 0.3) is 0 Å². The monoisotopic (exact) mass is 355 g/mol. The third kappa shape index (κ3) is 4.03. The van der Waals surface area contributed by atoms with Gasteiger partial charge in [0.05, 0.1) is 6.04 Å². The molecule has 1 aromatic heterocycles. The molecule has 1 aliphatic carbocycles. The van der Waals surface area contributed by atoms with E-state index in [2.05, 4.69) is 15.3 Å². The molecule has 0 bridgehead atoms. The van der Waals surface area contributed by atoms with E-state index in [1.807, 2.05) is 18.2 Å². The van der Waals surface area contributed by atoms with Crippen LogP contribution >= 0.6 is 24.8 Å². The Labute approximate surface area is 146 Å². The summed E-state index contributed by atoms with van der Waals surface area (Å²) in [5.74, 6) is -0.154. The molecule has 1 aromatic carbocycles. The molecule has 1 unspecified atom stereocenters. The normalized spacial score (nSPS) is 15.6. The van der Waals surface area contributed by atoms with Crippen LogP contribution in [-0.4, -0.2) is 15.9 Å². The first-order valence-electron chi connectivity index (χ1n) is 6.91. The van der Waals surface area contributed by atoms with Crippen molar-refractivity contribution in [2.45, 2.75) is 25.3 Å². The predicted octanol–water partition coefficient (Wildman–Crippen LogP) is 2.29. The average Bonchev–Trinajstić information content (AvgIpc) is 2.47. The quantitative estimate of drug-likeness (QED) is 0.716. The van der Waals surface area contributed by atoms with Crippen molar-refractivity contribution in [3.63, 3.8) is 0 Å². The average molecular weight is 356 g/mol. The summed E-state index contributed by atoms with van der Waals surface area (Å²) in [5, 5.41) is 2.99. The van der Waals surface area contributed by atoms with Crippen LogP contribution in [0.2, 0.25) is 0 Å². The highest BCUT2D eigenvalue weighted by Crippen LogP contribution is 2.31. The van der Waals surface area contributed by atoms with Crippen molar-refractivity contribution in [1.29, 1.82) is 0 Å². The van der Waals surface area contributed by atoms with Gasteiger partial charge in [0.2, 0.25) is 0 Å². The number of nitrogens with one attached hydrogen (secondary N) is 1. The van der Waals surface area contributed by atoms with Crippen LogP contribution in [0.5, 0.6) is 0 Å². The minimum Gasteiger partial charge on any atom is -0.399 e. The number of anilines is 2. The number of rotatable bonds is 2. The number of benzene rings is 1. The number of amides is 1. The van der Waals surface area contributed by atoms with Crippen molar-refractivity contribution in [1.82, 2.24) is 15.3 Å². The van der Waals surface area contributed by atoms with E-state index in [-0.39, 0.29) is 48.3 Å². The van der Waals surface area contributed by atoms with Gasteiger partial charge in [-0.25, -0.2) is 9.97 Å². The van der Waals surface area contributed by atoms with Gasteiger partial charge in [-0.2, -0.15) is 0 Å². The molecule has 0 saturated carbocycles. The van der Waals surface area contributed by atoms with Crippen molar-refractivity contribution in [3.05, 3.63) is 47.4 Å². The maximum Gasteiger partial charge on any atom is 0.274 e. The lowest BCUT2D eigenvalue weighted by molar-refractivity contribution is 0.0928. The first-order chi connectivity index (χ1) is 10.1. The highest BCUT2D eigenvalue weighted by molar-refractivity contribution is 5.96. The van der Waals surface area contributed by atoms with Crippen molar-refractivity contribution in [3.8, 4) is 0 Å². The van der Waals surface area contributed by atoms with Crippen molar-refractivity contribution in [2.24, 2.45) is 0 Å². The first kappa shape index (κ1) is 19.0. The van der Waals surface area contributed by atoms with Gasteiger partial charge < -0.3 is 16.8 Å². The summed E-state index contributed by atoms with van der Waals surface area (Å²) in [7, 11) is 0. The molecule has 23 heavy (non-hydrogen) atoms. The molecule has 2 aromatic rings. The van der Waals surface area contributed by atoms with Crippen LogP contribution in [0.15, 0.2) is 30.6 Å². The maximum atomic E-state index is 12.3. The minimum atomic E-state index is -0.296. The molecule has 1 aliphatic rings. The van der Waals surface area contributed by atoms with E-state index in [1.54, 1.807) is 0 Å². The van der Waals surface area contributed by atoms with E-state index in [9.17, 15) is 4.79 Å². The fourth-order valence-corrected chi connectivity index (χ4v) is 2.73. The van der Waals surface area contributed by atoms with Crippen LogP contribution in [0, 0.1) is 0 Å². The van der Waals surface area contributed by atoms with Gasteiger partial charge in [0.25, 0.3) is 5.91 Å². The number of carbonyl (C=O) groups is 1. The molecule has 1 amide bonds. The van der Waals surface area contributed by atoms with Crippen LogP contribution in [0.4, 0.5) is 11.5 Å². The zero-order chi connectivity index (χ0) is 14.8. The van der Waals surface area contributed by atoms with E-state index in [1.165, 1.54) is 18.0 Å². The van der Waals surface area contributed by atoms with Crippen molar-refractivity contribution in [2.75, 3.05) is 11.5 Å². The number of fused-ring (bicyclic) bond motifs is 1. The van der Waals surface area contributed by atoms with Gasteiger partial charge in [0.1, 0.15) is 0 Å². The fourth-order valence-electron chi connectivity index (χ4n) is 2.73. The number of hydrogen-bond donors (Lipinski definition) is 3. The molecular weight excluding hydrogens is 337 g/mol. The summed E-state index contributed by atoms with van der Waals surface area (Å²) in [5.41, 5.74) is 14.7. The Morgan fingerprint density at radius 3 is 2.65 bits per heavy atom. The molecule has 1 heterocycles. The van der Waals surface area contributed by atoms with Crippen LogP contribution in [-0.2, 0) is 6.42 Å². The SMILES string of the molecule is Cl.Cl.Nc1ccc2c(c1)CCCC2NC(=O)c1nccnc1N. The summed E-state index contributed by atoms with van der Waals surface area (Å²) in [6, 6.07) is 5.78. The molecule has 5 N–H and O–H groups in total. The summed E-state index contributed by atoms with van der Waals surface area (Å²) < 4.78 is 0. The van der Waals surface area contributed by atoms with Crippen LogP contribution in [0.3, 0.4) is 0 Å². The Morgan fingerprint density at radius 1 is 1.17 bits per heavy atom. The second kappa shape index (κ2) is 7.99. The van der Waals surface area contributed by atoms with E-state index >= 15 is 0 Å². The molecule has 0 spiro atoms. The molecule has 124 valence electrons. The van der Waals surface area contributed by atoms with Crippen LogP contribution in [0.1, 0.15) is 40.5 Å². The number of hydrogen-bond acceptors (Lipinski definition) is 5. The highest BCUT2D eigenvalue weighted by atomic mass is 35.5. The smallest absolute Gasteiger partial charge is 0.274 e. The lowest BCUT2D eigenvalue weighted by Crippen LogP contribution is -2.32. The number of nitrogens with two attached hydrogens (primary N) is 2. The number of nitrogens with zero attached hydrogens (tertiary/aromatic N) is 2. The van der Waals surface area contributed by atoms with Gasteiger partial charge in [0.15, 0.2) is 11.5 Å². The number of nitrogen functional groups attached to an aromatic ring is 2. The predicted molar refractivity (Wildman–Crippen MR) is 94.9 cm³/mol. The second-order valence-electron chi connectivity index (χ2n) is 5.17. The maximum absolute atomic E-state index is 12.3. The summed E-state index contributed by atoms with van der Waals surface area (Å²) >= 11 is 0. The number of aryl methyl sites for hydroxylation is 1. The van der Waals surface area contributed by atoms with E-state index in [0.29, 0.717) is 0 Å². The summed E-state index contributed by atoms with van der Waals surface area (Å²) in [4.78, 5) is 20.2. The first-order valence-corrected chi connectivity index (χ1v) is 6.91. The Morgan fingerprint density at radius 2 is 1.91 bits per heavy atom. The zero-order valence-electron chi connectivity index (χ0n) is 12.4. The molecule has 1 atom stereocenters. The number of carbonyl (C=O) groups excluding carboxylic acids is 1. The second-order valence-corrected chi connectivity index (χ2v) is 5.17. The van der Waals surface area contributed by atoms with E-state index in [0.717, 1.165) is 30.5 Å². The Hall–Kier alpha value is -2.05. The summed E-state index contributed by atoms with van der Waals surface area (Å²) in [6.45, 7) is 0. The Bertz CT molecular complexity index is 695. The fraction of sp³-hybridized carbons (Fsp3) is 0.267. The van der Waals surface area contributed by atoms with Gasteiger partial charge in [-0.05, 0) is 42.5 Å². The largest absolute Gasteiger partial charge is 0.399 e. The van der Waals surface area contributed by atoms with Gasteiger partial charge in [-0.3, -0.25) is 4.79 Å². The third-order valence-electron chi connectivity index (χ3n) is 3.73. The molecule has 8 heteroatoms. The molecule has 6 nitrogen and oxygen atoms in total. The number of aromatic nitrogens is 2. The molecule has 0 aliphatic heterocycles. The van der Waals surface area contributed by atoms with E-state index in [4.69, 9.17) is 11.5 Å². The zero-order valence-corrected chi connectivity index (χ0v) is 14.0. The lowest BCUT2D eigenvalue weighted by Gasteiger charge is -2.26. The Kier molecular flexibility index (Phi) is 6.60. The van der Waals surface area contributed by atoms with Gasteiger partial charge in [0, 0.05) is 18.1 Å². The molecule has 0 radical (unpaired) electrons. The van der Waals surface area contributed by atoms with Crippen molar-refractivity contribution >= 4 is 42.2 Å². The van der Waals surface area contributed by atoms with Crippen molar-refractivity contribution < 1.29 is 4.79 Å². The Balaban J connectivity index is 0.00000132. The van der Waals surface area contributed by atoms with Gasteiger partial charge in [-0.1, -0.05) is 6.07 Å². The molecule has 0 fully saturated rings. The lowest BCUT2D eigenvalue weighted by atomic mass is 9.87. The van der Waals surface area contributed by atoms with Crippen LogP contribution < -0.4 is 16.8 Å². The summed E-state index contributed by atoms with van der Waals surface area (Å²) in [6.07, 6.45) is 5.81. The number of halogens is 2. The van der Waals surface area contributed by atoms with E-state index < -0.39 is 0 Å². The van der Waals surface area contributed by atoms with Gasteiger partial charge >= 0.3 is 0 Å². The molecule has 0 saturated heterocycles. The third-order valence-corrected chi connectivity index (χ3v) is 3.73.